The van der Waals surface area contributed by atoms with Crippen LogP contribution in [0.1, 0.15) is 15.9 Å². The largest absolute Gasteiger partial charge is 0.391 e. The molecule has 1 fully saturated rings. The zero-order valence-electron chi connectivity index (χ0n) is 15.4. The predicted octanol–water partition coefficient (Wildman–Crippen LogP) is 0.256. The van der Waals surface area contributed by atoms with E-state index in [-0.39, 0.29) is 24.7 Å². The maximum absolute atomic E-state index is 12.7. The van der Waals surface area contributed by atoms with Crippen molar-refractivity contribution in [3.05, 3.63) is 53.9 Å². The summed E-state index contributed by atoms with van der Waals surface area (Å²) in [5.41, 5.74) is 1.50. The van der Waals surface area contributed by atoms with Gasteiger partial charge in [0.25, 0.3) is 5.91 Å². The van der Waals surface area contributed by atoms with Gasteiger partial charge in [-0.15, -0.1) is 0 Å². The first-order valence-corrected chi connectivity index (χ1v) is 10.3. The minimum Gasteiger partial charge on any atom is -0.391 e. The van der Waals surface area contributed by atoms with Crippen molar-refractivity contribution in [2.45, 2.75) is 12.6 Å². The number of hydrogen-bond acceptors (Lipinski definition) is 5. The minimum atomic E-state index is -3.44. The van der Waals surface area contributed by atoms with Crippen LogP contribution in [0.5, 0.6) is 0 Å². The predicted molar refractivity (Wildman–Crippen MR) is 101 cm³/mol. The molecule has 0 saturated carbocycles. The highest BCUT2D eigenvalue weighted by Crippen LogP contribution is 2.21. The Kier molecular flexibility index (Phi) is 5.64. The van der Waals surface area contributed by atoms with Crippen LogP contribution in [0.3, 0.4) is 0 Å². The Morgan fingerprint density at radius 3 is 2.63 bits per heavy atom. The molecular weight excluding hydrogens is 368 g/mol. The van der Waals surface area contributed by atoms with Gasteiger partial charge in [-0.3, -0.25) is 9.48 Å². The van der Waals surface area contributed by atoms with Crippen molar-refractivity contribution in [1.29, 1.82) is 0 Å². The first kappa shape index (κ1) is 19.5. The Morgan fingerprint density at radius 1 is 1.26 bits per heavy atom. The van der Waals surface area contributed by atoms with Crippen LogP contribution in [0.15, 0.2) is 42.7 Å². The van der Waals surface area contributed by atoms with Crippen molar-refractivity contribution in [1.82, 2.24) is 19.0 Å². The lowest BCUT2D eigenvalue weighted by atomic mass is 10.1. The second-order valence-corrected chi connectivity index (χ2v) is 9.24. The van der Waals surface area contributed by atoms with Gasteiger partial charge in [0, 0.05) is 39.3 Å². The summed E-state index contributed by atoms with van der Waals surface area (Å²) in [6, 6.07) is 9.79. The van der Waals surface area contributed by atoms with E-state index in [1.165, 1.54) is 25.2 Å². The molecule has 1 saturated heterocycles. The first-order chi connectivity index (χ1) is 12.8. The molecule has 2 aromatic rings. The summed E-state index contributed by atoms with van der Waals surface area (Å²) in [5, 5.41) is 14.4. The van der Waals surface area contributed by atoms with E-state index in [1.54, 1.807) is 10.9 Å². The Bertz CT molecular complexity index is 895. The number of likely N-dealkylation sites (tertiary alicyclic amines) is 1. The molecule has 2 atom stereocenters. The van der Waals surface area contributed by atoms with Crippen LogP contribution in [-0.2, 0) is 16.6 Å². The first-order valence-electron chi connectivity index (χ1n) is 8.70. The van der Waals surface area contributed by atoms with Crippen molar-refractivity contribution in [2.24, 2.45) is 5.92 Å². The number of rotatable bonds is 6. The topological polar surface area (TPSA) is 95.7 Å². The van der Waals surface area contributed by atoms with Crippen molar-refractivity contribution in [3.8, 4) is 0 Å². The van der Waals surface area contributed by atoms with Gasteiger partial charge in [0.1, 0.15) is 0 Å². The van der Waals surface area contributed by atoms with E-state index in [0.717, 1.165) is 9.87 Å². The number of aliphatic hydroxyl groups excluding tert-OH is 1. The van der Waals surface area contributed by atoms with Gasteiger partial charge in [0.2, 0.25) is 10.0 Å². The molecule has 1 aliphatic heterocycles. The molecule has 0 aliphatic carbocycles. The van der Waals surface area contributed by atoms with Crippen LogP contribution in [0.4, 0.5) is 0 Å². The fourth-order valence-electron chi connectivity index (χ4n) is 3.12. The highest BCUT2D eigenvalue weighted by atomic mass is 32.2. The van der Waals surface area contributed by atoms with E-state index < -0.39 is 22.0 Å². The van der Waals surface area contributed by atoms with Crippen LogP contribution in [0, 0.1) is 5.92 Å². The fraction of sp³-hybridized carbons (Fsp3) is 0.444. The van der Waals surface area contributed by atoms with Crippen molar-refractivity contribution >= 4 is 15.9 Å². The van der Waals surface area contributed by atoms with Gasteiger partial charge in [0.05, 0.1) is 30.2 Å². The lowest BCUT2D eigenvalue weighted by Crippen LogP contribution is -2.33. The zero-order valence-corrected chi connectivity index (χ0v) is 16.2. The minimum absolute atomic E-state index is 0.121. The number of aliphatic hydroxyl groups is 1. The third-order valence-electron chi connectivity index (χ3n) is 4.74. The maximum Gasteiger partial charge on any atom is 0.257 e. The molecule has 1 aromatic carbocycles. The van der Waals surface area contributed by atoms with Crippen LogP contribution in [0.25, 0.3) is 0 Å². The normalized spacial score (nSPS) is 20.4. The average molecular weight is 392 g/mol. The molecule has 0 unspecified atom stereocenters. The molecule has 0 radical (unpaired) electrons. The van der Waals surface area contributed by atoms with Gasteiger partial charge < -0.3 is 10.0 Å². The quantitative estimate of drug-likeness (QED) is 0.761. The number of carbonyl (C=O) groups excluding carboxylic acids is 1. The van der Waals surface area contributed by atoms with Crippen molar-refractivity contribution < 1.29 is 18.3 Å². The van der Waals surface area contributed by atoms with Crippen LogP contribution >= 0.6 is 0 Å². The third kappa shape index (κ3) is 4.55. The van der Waals surface area contributed by atoms with Gasteiger partial charge >= 0.3 is 0 Å². The number of β-amino-alcohol motifs (C(OH)–C–C–N with tert-alkyl or cyclic N) is 1. The van der Waals surface area contributed by atoms with Gasteiger partial charge in [-0.1, -0.05) is 30.3 Å². The van der Waals surface area contributed by atoms with Gasteiger partial charge in [-0.25, -0.2) is 12.7 Å². The Hall–Kier alpha value is -2.23. The molecule has 9 heteroatoms. The Balaban J connectivity index is 1.65. The lowest BCUT2D eigenvalue weighted by molar-refractivity contribution is 0.0764. The summed E-state index contributed by atoms with van der Waals surface area (Å²) in [7, 11) is -0.522. The summed E-state index contributed by atoms with van der Waals surface area (Å²) in [6.07, 6.45) is 2.32. The highest BCUT2D eigenvalue weighted by molar-refractivity contribution is 7.89. The molecule has 8 nitrogen and oxygen atoms in total. The molecule has 0 spiro atoms. The number of nitrogens with zero attached hydrogens (tertiary/aromatic N) is 4. The molecule has 0 bridgehead atoms. The number of hydrogen-bond donors (Lipinski definition) is 1. The van der Waals surface area contributed by atoms with E-state index in [4.69, 9.17) is 0 Å². The fourth-order valence-corrected chi connectivity index (χ4v) is 4.28. The summed E-state index contributed by atoms with van der Waals surface area (Å²) >= 11 is 0. The smallest absolute Gasteiger partial charge is 0.257 e. The standard InChI is InChI=1S/C18H24N4O4S/c1-20(2)27(25,26)13-16-10-21(12-17(16)23)18(24)15-8-19-22(11-15)9-14-6-4-3-5-7-14/h3-8,11,16-17,23H,9-10,12-13H2,1-2H3/t16-,17-/m0/s1. The molecule has 1 N–H and O–H groups in total. The SMILES string of the molecule is CN(C)S(=O)(=O)C[C@@H]1CN(C(=O)c2cnn(Cc3ccccc3)c2)C[C@@H]1O. The highest BCUT2D eigenvalue weighted by Gasteiger charge is 2.37. The zero-order chi connectivity index (χ0) is 19.6. The van der Waals surface area contributed by atoms with Crippen molar-refractivity contribution in [3.63, 3.8) is 0 Å². The second-order valence-electron chi connectivity index (χ2n) is 7.01. The molecule has 1 aliphatic rings. The second kappa shape index (κ2) is 7.79. The van der Waals surface area contributed by atoms with E-state index in [0.29, 0.717) is 12.1 Å². The lowest BCUT2D eigenvalue weighted by Gasteiger charge is -2.17. The van der Waals surface area contributed by atoms with Crippen LogP contribution in [0.2, 0.25) is 0 Å². The monoisotopic (exact) mass is 392 g/mol. The molecule has 1 amide bonds. The van der Waals surface area contributed by atoms with Gasteiger partial charge in [0.15, 0.2) is 0 Å². The van der Waals surface area contributed by atoms with Crippen LogP contribution in [-0.4, -0.2) is 77.5 Å². The number of aromatic nitrogens is 2. The molecule has 1 aromatic heterocycles. The Labute approximate surface area is 159 Å². The number of amides is 1. The number of sulfonamides is 1. The molecule has 27 heavy (non-hydrogen) atoms. The van der Waals surface area contributed by atoms with E-state index in [1.807, 2.05) is 30.3 Å². The third-order valence-corrected chi connectivity index (χ3v) is 6.70. The molecule has 2 heterocycles. The summed E-state index contributed by atoms with van der Waals surface area (Å²) in [5.74, 6) is -0.933. The summed E-state index contributed by atoms with van der Waals surface area (Å²) in [4.78, 5) is 14.2. The van der Waals surface area contributed by atoms with Gasteiger partial charge in [-0.05, 0) is 5.56 Å². The van der Waals surface area contributed by atoms with E-state index >= 15 is 0 Å². The van der Waals surface area contributed by atoms with Crippen LogP contribution < -0.4 is 0 Å². The van der Waals surface area contributed by atoms with Gasteiger partial charge in [-0.2, -0.15) is 5.10 Å². The number of benzene rings is 1. The maximum atomic E-state index is 12.7. The van der Waals surface area contributed by atoms with E-state index in [2.05, 4.69) is 5.10 Å². The molecule has 3 rings (SSSR count). The van der Waals surface area contributed by atoms with E-state index in [9.17, 15) is 18.3 Å². The molecular formula is C18H24N4O4S. The molecule has 146 valence electrons. The van der Waals surface area contributed by atoms with Crippen molar-refractivity contribution in [2.75, 3.05) is 32.9 Å². The summed E-state index contributed by atoms with van der Waals surface area (Å²) < 4.78 is 26.9. The Morgan fingerprint density at radius 2 is 1.96 bits per heavy atom. The average Bonchev–Trinajstić information content (AvgIpc) is 3.22. The summed E-state index contributed by atoms with van der Waals surface area (Å²) in [6.45, 7) is 0.883. The number of carbonyl (C=O) groups is 1.